The van der Waals surface area contributed by atoms with Crippen LogP contribution in [0.4, 0.5) is 0 Å². The van der Waals surface area contributed by atoms with Crippen molar-refractivity contribution in [2.45, 2.75) is 25.8 Å². The molecule has 2 heterocycles. The summed E-state index contributed by atoms with van der Waals surface area (Å²) in [5.74, 6) is -0.299. The highest BCUT2D eigenvalue weighted by molar-refractivity contribution is 6.10. The molecule has 1 aliphatic rings. The van der Waals surface area contributed by atoms with E-state index in [-0.39, 0.29) is 17.7 Å². The Kier molecular flexibility index (Phi) is 5.76. The Balaban J connectivity index is 1.69. The van der Waals surface area contributed by atoms with E-state index in [0.29, 0.717) is 18.7 Å². The van der Waals surface area contributed by atoms with Gasteiger partial charge in [0.05, 0.1) is 18.6 Å². The number of nitrogens with zero attached hydrogens (tertiary/aromatic N) is 1. The first-order valence-corrected chi connectivity index (χ1v) is 10.2. The van der Waals surface area contributed by atoms with E-state index in [9.17, 15) is 9.59 Å². The maximum Gasteiger partial charge on any atom is 0.310 e. The van der Waals surface area contributed by atoms with Gasteiger partial charge < -0.3 is 9.72 Å². The summed E-state index contributed by atoms with van der Waals surface area (Å²) >= 11 is 0. The molecule has 0 spiro atoms. The van der Waals surface area contributed by atoms with Gasteiger partial charge in [-0.1, -0.05) is 48.5 Å². The van der Waals surface area contributed by atoms with Crippen molar-refractivity contribution in [2.75, 3.05) is 19.7 Å². The molecule has 1 fully saturated rings. The van der Waals surface area contributed by atoms with E-state index in [2.05, 4.69) is 9.88 Å². The lowest BCUT2D eigenvalue weighted by Gasteiger charge is -2.37. The Morgan fingerprint density at radius 1 is 1.14 bits per heavy atom. The third kappa shape index (κ3) is 3.96. The molecule has 0 aliphatic carbocycles. The van der Waals surface area contributed by atoms with Gasteiger partial charge in [0, 0.05) is 29.2 Å². The minimum atomic E-state index is -0.423. The number of piperidine rings is 1. The lowest BCUT2D eigenvalue weighted by Crippen LogP contribution is -2.44. The molecule has 1 aromatic heterocycles. The Morgan fingerprint density at radius 2 is 1.90 bits per heavy atom. The molecule has 2 aromatic carbocycles. The second-order valence-corrected chi connectivity index (χ2v) is 7.51. The Labute approximate surface area is 170 Å². The molecule has 3 aromatic rings. The monoisotopic (exact) mass is 390 g/mol. The van der Waals surface area contributed by atoms with E-state index < -0.39 is 6.04 Å². The maximum atomic E-state index is 13.7. The molecule has 0 saturated carbocycles. The number of hydrogen-bond acceptors (Lipinski definition) is 4. The minimum Gasteiger partial charge on any atom is -0.466 e. The Morgan fingerprint density at radius 3 is 2.69 bits per heavy atom. The number of aromatic nitrogens is 1. The summed E-state index contributed by atoms with van der Waals surface area (Å²) in [6.07, 6.45) is 3.47. The van der Waals surface area contributed by atoms with Crippen LogP contribution in [-0.4, -0.2) is 41.3 Å². The molecule has 150 valence electrons. The fourth-order valence-corrected chi connectivity index (χ4v) is 4.28. The highest BCUT2D eigenvalue weighted by Crippen LogP contribution is 2.32. The topological polar surface area (TPSA) is 62.4 Å². The molecule has 0 bridgehead atoms. The van der Waals surface area contributed by atoms with Crippen molar-refractivity contribution in [3.8, 4) is 0 Å². The number of ether oxygens (including phenoxy) is 1. The fourth-order valence-electron chi connectivity index (χ4n) is 4.28. The summed E-state index contributed by atoms with van der Waals surface area (Å²) in [5.41, 5.74) is 2.59. The SMILES string of the molecule is CCOC(=O)[C@H]1CCCN([C@H](C(=O)c2c[nH]c3ccccc23)c2ccccc2)C1. The van der Waals surface area contributed by atoms with E-state index in [1.165, 1.54) is 0 Å². The Bertz CT molecular complexity index is 996. The van der Waals surface area contributed by atoms with Crippen LogP contribution in [0.3, 0.4) is 0 Å². The summed E-state index contributed by atoms with van der Waals surface area (Å²) in [6, 6.07) is 17.3. The fraction of sp³-hybridized carbons (Fsp3) is 0.333. The van der Waals surface area contributed by atoms with Crippen molar-refractivity contribution in [1.82, 2.24) is 9.88 Å². The van der Waals surface area contributed by atoms with Crippen molar-refractivity contribution in [1.29, 1.82) is 0 Å². The Hall–Kier alpha value is -2.92. The number of aromatic amines is 1. The maximum absolute atomic E-state index is 13.7. The molecular formula is C24H26N2O3. The van der Waals surface area contributed by atoms with Gasteiger partial charge in [0.25, 0.3) is 0 Å². The van der Waals surface area contributed by atoms with Crippen LogP contribution in [0.1, 0.15) is 41.7 Å². The van der Waals surface area contributed by atoms with Crippen LogP contribution in [0.15, 0.2) is 60.8 Å². The van der Waals surface area contributed by atoms with Gasteiger partial charge in [-0.25, -0.2) is 0 Å². The van der Waals surface area contributed by atoms with E-state index in [4.69, 9.17) is 4.74 Å². The molecule has 29 heavy (non-hydrogen) atoms. The molecule has 0 unspecified atom stereocenters. The first-order valence-electron chi connectivity index (χ1n) is 10.2. The predicted molar refractivity (Wildman–Crippen MR) is 113 cm³/mol. The molecule has 4 rings (SSSR count). The molecule has 2 atom stereocenters. The quantitative estimate of drug-likeness (QED) is 0.502. The number of para-hydroxylation sites is 1. The zero-order valence-electron chi connectivity index (χ0n) is 16.6. The van der Waals surface area contributed by atoms with Crippen LogP contribution < -0.4 is 0 Å². The summed E-state index contributed by atoms with van der Waals surface area (Å²) in [7, 11) is 0. The molecular weight excluding hydrogens is 364 g/mol. The van der Waals surface area contributed by atoms with Gasteiger partial charge in [0.1, 0.15) is 0 Å². The molecule has 1 N–H and O–H groups in total. The van der Waals surface area contributed by atoms with Gasteiger partial charge in [-0.2, -0.15) is 0 Å². The van der Waals surface area contributed by atoms with Crippen molar-refractivity contribution < 1.29 is 14.3 Å². The van der Waals surface area contributed by atoms with Gasteiger partial charge in [-0.05, 0) is 37.9 Å². The average molecular weight is 390 g/mol. The van der Waals surface area contributed by atoms with Crippen LogP contribution in [0.5, 0.6) is 0 Å². The van der Waals surface area contributed by atoms with Crippen molar-refractivity contribution in [3.05, 3.63) is 71.9 Å². The van der Waals surface area contributed by atoms with Crippen molar-refractivity contribution in [2.24, 2.45) is 5.92 Å². The highest BCUT2D eigenvalue weighted by Gasteiger charge is 2.35. The van der Waals surface area contributed by atoms with Crippen LogP contribution >= 0.6 is 0 Å². The number of esters is 1. The summed E-state index contributed by atoms with van der Waals surface area (Å²) in [5, 5.41) is 0.928. The van der Waals surface area contributed by atoms with Crippen LogP contribution in [-0.2, 0) is 9.53 Å². The van der Waals surface area contributed by atoms with Gasteiger partial charge in [-0.15, -0.1) is 0 Å². The average Bonchev–Trinajstić information content (AvgIpc) is 3.19. The second-order valence-electron chi connectivity index (χ2n) is 7.51. The van der Waals surface area contributed by atoms with Crippen LogP contribution in [0.2, 0.25) is 0 Å². The molecule has 1 aliphatic heterocycles. The van der Waals surface area contributed by atoms with E-state index in [1.807, 2.05) is 61.5 Å². The lowest BCUT2D eigenvalue weighted by molar-refractivity contribution is -0.150. The molecule has 0 radical (unpaired) electrons. The van der Waals surface area contributed by atoms with Gasteiger partial charge in [0.15, 0.2) is 5.78 Å². The van der Waals surface area contributed by atoms with E-state index in [0.717, 1.165) is 35.9 Å². The first-order chi connectivity index (χ1) is 14.2. The lowest BCUT2D eigenvalue weighted by atomic mass is 9.91. The number of carbonyl (C=O) groups is 2. The number of ketones is 1. The summed E-state index contributed by atoms with van der Waals surface area (Å²) in [6.45, 7) is 3.52. The number of benzene rings is 2. The molecule has 5 heteroatoms. The molecule has 1 saturated heterocycles. The number of hydrogen-bond donors (Lipinski definition) is 1. The zero-order chi connectivity index (χ0) is 20.2. The standard InChI is InChI=1S/C24H26N2O3/c1-2-29-24(28)18-11-8-14-26(16-18)22(17-9-4-3-5-10-17)23(27)20-15-25-21-13-7-6-12-19(20)21/h3-7,9-10,12-13,15,18,22,25H,2,8,11,14,16H2,1H3/t18-,22-/m0/s1. The minimum absolute atomic E-state index is 0.0539. The second kappa shape index (κ2) is 8.62. The molecule has 0 amide bonds. The number of nitrogens with one attached hydrogen (secondary N) is 1. The van der Waals surface area contributed by atoms with Gasteiger partial charge in [-0.3, -0.25) is 14.5 Å². The zero-order valence-corrected chi connectivity index (χ0v) is 16.6. The van der Waals surface area contributed by atoms with Crippen LogP contribution in [0.25, 0.3) is 10.9 Å². The van der Waals surface area contributed by atoms with E-state index >= 15 is 0 Å². The van der Waals surface area contributed by atoms with Gasteiger partial charge in [0.2, 0.25) is 0 Å². The third-order valence-corrected chi connectivity index (χ3v) is 5.66. The number of H-pyrrole nitrogens is 1. The number of carbonyl (C=O) groups excluding carboxylic acids is 2. The highest BCUT2D eigenvalue weighted by atomic mass is 16.5. The normalized spacial score (nSPS) is 18.4. The van der Waals surface area contributed by atoms with Crippen molar-refractivity contribution in [3.63, 3.8) is 0 Å². The van der Waals surface area contributed by atoms with Gasteiger partial charge >= 0.3 is 5.97 Å². The summed E-state index contributed by atoms with van der Waals surface area (Å²) < 4.78 is 5.25. The molecule has 5 nitrogen and oxygen atoms in total. The number of rotatable bonds is 6. The first kappa shape index (κ1) is 19.4. The smallest absolute Gasteiger partial charge is 0.310 e. The van der Waals surface area contributed by atoms with E-state index in [1.54, 1.807) is 6.20 Å². The largest absolute Gasteiger partial charge is 0.466 e. The van der Waals surface area contributed by atoms with Crippen molar-refractivity contribution >= 4 is 22.7 Å². The predicted octanol–water partition coefficient (Wildman–Crippen LogP) is 4.37. The summed E-state index contributed by atoms with van der Waals surface area (Å²) in [4.78, 5) is 31.4. The third-order valence-electron chi connectivity index (χ3n) is 5.66. The number of fused-ring (bicyclic) bond motifs is 1. The number of Topliss-reactive ketones (excluding diaryl/α,β-unsaturated/α-hetero) is 1. The van der Waals surface area contributed by atoms with Crippen LogP contribution in [0, 0.1) is 5.92 Å². The number of likely N-dealkylation sites (tertiary alicyclic amines) is 1.